The highest BCUT2D eigenvalue weighted by atomic mass is 32.2. The molecule has 1 saturated carbocycles. The van der Waals surface area contributed by atoms with Crippen LogP contribution in [0.15, 0.2) is 0 Å². The maximum atomic E-state index is 12.3. The Balaban J connectivity index is 1.51. The monoisotopic (exact) mass is 344 g/mol. The number of rotatable bonds is 4. The Kier molecular flexibility index (Phi) is 5.59. The van der Waals surface area contributed by atoms with Crippen LogP contribution >= 0.6 is 0 Å². The third kappa shape index (κ3) is 4.25. The molecule has 3 rings (SSSR count). The molecule has 0 aromatic heterocycles. The zero-order valence-electron chi connectivity index (χ0n) is 13.7. The van der Waals surface area contributed by atoms with Crippen LogP contribution in [0.5, 0.6) is 0 Å². The smallest absolute Gasteiger partial charge is 0.234 e. The number of hydrogen-bond donors (Lipinski definition) is 1. The van der Waals surface area contributed by atoms with Crippen molar-refractivity contribution in [2.24, 2.45) is 5.92 Å². The highest BCUT2D eigenvalue weighted by Crippen LogP contribution is 2.26. The molecule has 2 saturated heterocycles. The lowest BCUT2D eigenvalue weighted by atomic mass is 9.89. The van der Waals surface area contributed by atoms with Crippen LogP contribution in [0.3, 0.4) is 0 Å². The fourth-order valence-electron chi connectivity index (χ4n) is 4.11. The van der Waals surface area contributed by atoms with E-state index in [4.69, 9.17) is 4.74 Å². The first-order valence-electron chi connectivity index (χ1n) is 8.86. The van der Waals surface area contributed by atoms with Crippen LogP contribution in [0.2, 0.25) is 0 Å². The molecule has 2 heterocycles. The molecule has 7 heteroatoms. The number of hydrogen-bond acceptors (Lipinski definition) is 5. The molecule has 1 amide bonds. The molecule has 3 aliphatic rings. The van der Waals surface area contributed by atoms with E-state index in [1.54, 1.807) is 0 Å². The number of fused-ring (bicyclic) bond motifs is 1. The summed E-state index contributed by atoms with van der Waals surface area (Å²) in [5.74, 6) is 0.776. The molecule has 132 valence electrons. The van der Waals surface area contributed by atoms with Crippen molar-refractivity contribution in [3.8, 4) is 0 Å². The van der Waals surface area contributed by atoms with Crippen molar-refractivity contribution in [1.29, 1.82) is 0 Å². The number of sulfone groups is 1. The molecule has 3 fully saturated rings. The van der Waals surface area contributed by atoms with Crippen molar-refractivity contribution in [1.82, 2.24) is 10.2 Å². The highest BCUT2D eigenvalue weighted by molar-refractivity contribution is 7.92. The number of amides is 1. The van der Waals surface area contributed by atoms with Gasteiger partial charge in [0.05, 0.1) is 18.9 Å². The summed E-state index contributed by atoms with van der Waals surface area (Å²) in [6.45, 7) is 2.38. The summed E-state index contributed by atoms with van der Waals surface area (Å²) >= 11 is 0. The van der Waals surface area contributed by atoms with Crippen molar-refractivity contribution in [2.45, 2.75) is 49.8 Å². The number of nitrogens with one attached hydrogen (secondary N) is 1. The maximum absolute atomic E-state index is 12.3. The molecule has 0 bridgehead atoms. The molecular formula is C16H28N2O4S. The second-order valence-electron chi connectivity index (χ2n) is 7.11. The van der Waals surface area contributed by atoms with Crippen LogP contribution in [0.4, 0.5) is 0 Å². The number of nitrogens with zero attached hydrogens (tertiary/aromatic N) is 1. The molecular weight excluding hydrogens is 316 g/mol. The Morgan fingerprint density at radius 1 is 1.17 bits per heavy atom. The Hall–Kier alpha value is -0.660. The summed E-state index contributed by atoms with van der Waals surface area (Å²) in [4.78, 5) is 14.3. The van der Waals surface area contributed by atoms with Crippen molar-refractivity contribution < 1.29 is 17.9 Å². The first-order valence-corrected chi connectivity index (χ1v) is 10.6. The minimum absolute atomic E-state index is 0.0279. The fourth-order valence-corrected chi connectivity index (χ4v) is 5.99. The van der Waals surface area contributed by atoms with Crippen LogP contribution in [0.25, 0.3) is 0 Å². The Morgan fingerprint density at radius 2 is 1.96 bits per heavy atom. The summed E-state index contributed by atoms with van der Waals surface area (Å²) in [6.07, 6.45) is 6.98. The second-order valence-corrected chi connectivity index (χ2v) is 9.45. The van der Waals surface area contributed by atoms with Crippen molar-refractivity contribution in [3.63, 3.8) is 0 Å². The third-order valence-corrected chi connectivity index (χ3v) is 7.65. The zero-order chi connectivity index (χ0) is 16.3. The number of ether oxygens (including phenoxy) is 1. The number of carbonyl (C=O) groups is 1. The maximum Gasteiger partial charge on any atom is 0.234 e. The van der Waals surface area contributed by atoms with E-state index in [9.17, 15) is 13.2 Å². The van der Waals surface area contributed by atoms with Gasteiger partial charge in [-0.05, 0) is 25.2 Å². The van der Waals surface area contributed by atoms with E-state index in [1.807, 2.05) is 4.90 Å². The average molecular weight is 344 g/mol. The van der Waals surface area contributed by atoms with Crippen molar-refractivity contribution >= 4 is 15.7 Å². The predicted octanol–water partition coefficient (Wildman–Crippen LogP) is 0.571. The topological polar surface area (TPSA) is 75.7 Å². The molecule has 23 heavy (non-hydrogen) atoms. The van der Waals surface area contributed by atoms with E-state index in [-0.39, 0.29) is 24.3 Å². The molecule has 0 aromatic rings. The van der Waals surface area contributed by atoms with E-state index in [0.29, 0.717) is 32.0 Å². The lowest BCUT2D eigenvalue weighted by Crippen LogP contribution is -2.60. The molecule has 0 radical (unpaired) electrons. The summed E-state index contributed by atoms with van der Waals surface area (Å²) in [7, 11) is -3.08. The van der Waals surface area contributed by atoms with E-state index < -0.39 is 15.1 Å². The van der Waals surface area contributed by atoms with Gasteiger partial charge in [-0.15, -0.1) is 0 Å². The molecule has 2 aliphatic heterocycles. The van der Waals surface area contributed by atoms with Gasteiger partial charge in [0.25, 0.3) is 0 Å². The molecule has 0 spiro atoms. The van der Waals surface area contributed by atoms with Gasteiger partial charge in [0.2, 0.25) is 5.91 Å². The van der Waals surface area contributed by atoms with E-state index in [0.717, 1.165) is 6.54 Å². The molecule has 6 nitrogen and oxygen atoms in total. The van der Waals surface area contributed by atoms with Crippen LogP contribution < -0.4 is 5.32 Å². The van der Waals surface area contributed by atoms with Gasteiger partial charge in [-0.2, -0.15) is 0 Å². The van der Waals surface area contributed by atoms with Crippen LogP contribution in [-0.2, 0) is 19.4 Å². The van der Waals surface area contributed by atoms with Gasteiger partial charge < -0.3 is 10.1 Å². The van der Waals surface area contributed by atoms with Gasteiger partial charge in [0.15, 0.2) is 9.84 Å². The standard InChI is InChI=1S/C16H28N2O4S/c19-16(17-10-13-4-2-1-3-5-13)11-18-7-9-23(20,21)15-12-22-8-6-14(15)18/h13-15H,1-12H2,(H,17,19)/t14-,15-/m0/s1. The summed E-state index contributed by atoms with van der Waals surface area (Å²) < 4.78 is 29.7. The minimum atomic E-state index is -3.08. The fraction of sp³-hybridized carbons (Fsp3) is 0.938. The average Bonchev–Trinajstić information content (AvgIpc) is 2.57. The SMILES string of the molecule is O=C(CN1CCS(=O)(=O)[C@H]2COCC[C@@H]21)NCC1CCCCC1. The lowest BCUT2D eigenvalue weighted by molar-refractivity contribution is -0.123. The quantitative estimate of drug-likeness (QED) is 0.807. The van der Waals surface area contributed by atoms with Crippen molar-refractivity contribution in [3.05, 3.63) is 0 Å². The molecule has 0 aromatic carbocycles. The summed E-state index contributed by atoms with van der Waals surface area (Å²) in [6, 6.07) is -0.0667. The molecule has 0 unspecified atom stereocenters. The largest absolute Gasteiger partial charge is 0.380 e. The Bertz CT molecular complexity index is 516. The zero-order valence-corrected chi connectivity index (χ0v) is 14.5. The van der Waals surface area contributed by atoms with Gasteiger partial charge in [-0.1, -0.05) is 19.3 Å². The van der Waals surface area contributed by atoms with Crippen LogP contribution in [-0.4, -0.2) is 69.1 Å². The van der Waals surface area contributed by atoms with E-state index >= 15 is 0 Å². The minimum Gasteiger partial charge on any atom is -0.380 e. The molecule has 1 aliphatic carbocycles. The van der Waals surface area contributed by atoms with Gasteiger partial charge >= 0.3 is 0 Å². The number of carbonyl (C=O) groups excluding carboxylic acids is 1. The van der Waals surface area contributed by atoms with Crippen LogP contribution in [0.1, 0.15) is 38.5 Å². The van der Waals surface area contributed by atoms with E-state index in [1.165, 1.54) is 32.1 Å². The van der Waals surface area contributed by atoms with Crippen LogP contribution in [0, 0.1) is 5.92 Å². The normalized spacial score (nSPS) is 32.2. The third-order valence-electron chi connectivity index (χ3n) is 5.52. The predicted molar refractivity (Wildman–Crippen MR) is 88.0 cm³/mol. The summed E-state index contributed by atoms with van der Waals surface area (Å²) in [5.41, 5.74) is 0. The van der Waals surface area contributed by atoms with Gasteiger partial charge in [0, 0.05) is 25.7 Å². The summed E-state index contributed by atoms with van der Waals surface area (Å²) in [5, 5.41) is 2.59. The Morgan fingerprint density at radius 3 is 2.74 bits per heavy atom. The molecule has 1 N–H and O–H groups in total. The van der Waals surface area contributed by atoms with Gasteiger partial charge in [0.1, 0.15) is 5.25 Å². The Labute approximate surface area is 138 Å². The second kappa shape index (κ2) is 7.49. The van der Waals surface area contributed by atoms with Gasteiger partial charge in [-0.25, -0.2) is 8.42 Å². The first kappa shape index (κ1) is 17.2. The van der Waals surface area contributed by atoms with E-state index in [2.05, 4.69) is 5.32 Å². The van der Waals surface area contributed by atoms with Crippen molar-refractivity contribution in [2.75, 3.05) is 38.6 Å². The molecule has 2 atom stereocenters. The van der Waals surface area contributed by atoms with Gasteiger partial charge in [-0.3, -0.25) is 9.69 Å². The first-order chi connectivity index (χ1) is 11.1. The highest BCUT2D eigenvalue weighted by Gasteiger charge is 2.43. The lowest BCUT2D eigenvalue weighted by Gasteiger charge is -2.42.